The Balaban J connectivity index is 0.00000204. The third kappa shape index (κ3) is 7.71. The van der Waals surface area contributed by atoms with E-state index in [1.165, 1.54) is 5.56 Å². The minimum Gasteiger partial charge on any atom is -0.487 e. The fraction of sp³-hybridized carbons (Fsp3) is 0.395. The Bertz CT molecular complexity index is 1750. The van der Waals surface area contributed by atoms with E-state index in [1.807, 2.05) is 69.7 Å². The number of carbonyl (C=O) groups excluding carboxylic acids is 1. The van der Waals surface area contributed by atoms with E-state index < -0.39 is 0 Å². The normalized spacial score (nSPS) is 14.6. The maximum atomic E-state index is 11.6. The van der Waals surface area contributed by atoms with E-state index in [9.17, 15) is 4.79 Å². The molecule has 1 saturated heterocycles. The number of likely N-dealkylation sites (tertiary alicyclic amines) is 1. The van der Waals surface area contributed by atoms with Crippen molar-refractivity contribution in [1.29, 1.82) is 0 Å². The molecule has 0 aliphatic carbocycles. The van der Waals surface area contributed by atoms with E-state index in [0.717, 1.165) is 84.7 Å². The maximum absolute atomic E-state index is 11.6. The Kier molecular flexibility index (Phi) is 11.3. The number of nitrogens with zero attached hydrogens (tertiary/aromatic N) is 5. The highest BCUT2D eigenvalue weighted by molar-refractivity contribution is 6.32. The SMILES string of the molecule is CC.CCn1cncc1Cn1c(CN2CCC(C(C)c3cccc(COc4ccc(C)cc4Cl)c3)CC2)nc2ccc(C=O)cc21. The van der Waals surface area contributed by atoms with E-state index in [4.69, 9.17) is 21.3 Å². The molecule has 6 rings (SSSR count). The van der Waals surface area contributed by atoms with Gasteiger partial charge >= 0.3 is 0 Å². The first-order chi connectivity index (χ1) is 22.4. The van der Waals surface area contributed by atoms with Gasteiger partial charge in [-0.05, 0) is 98.6 Å². The number of aryl methyl sites for hydroxylation is 2. The first-order valence-electron chi connectivity index (χ1n) is 16.5. The number of aldehydes is 1. The Morgan fingerprint density at radius 1 is 1.04 bits per heavy atom. The third-order valence-corrected chi connectivity index (χ3v) is 9.41. The summed E-state index contributed by atoms with van der Waals surface area (Å²) in [6.45, 7) is 15.4. The average Bonchev–Trinajstić information content (AvgIpc) is 3.69. The number of carbonyl (C=O) groups is 1. The summed E-state index contributed by atoms with van der Waals surface area (Å²) in [5.74, 6) is 2.82. The van der Waals surface area contributed by atoms with Gasteiger partial charge in [-0.2, -0.15) is 0 Å². The Morgan fingerprint density at radius 3 is 2.59 bits per heavy atom. The van der Waals surface area contributed by atoms with Crippen LogP contribution >= 0.6 is 11.6 Å². The van der Waals surface area contributed by atoms with Crippen LogP contribution < -0.4 is 4.74 Å². The van der Waals surface area contributed by atoms with Gasteiger partial charge in [0.1, 0.15) is 24.5 Å². The van der Waals surface area contributed by atoms with Crippen LogP contribution in [0.2, 0.25) is 5.02 Å². The highest BCUT2D eigenvalue weighted by atomic mass is 35.5. The molecule has 1 aliphatic rings. The number of halogens is 1. The van der Waals surface area contributed by atoms with Gasteiger partial charge in [0.25, 0.3) is 0 Å². The van der Waals surface area contributed by atoms with Crippen molar-refractivity contribution in [2.75, 3.05) is 13.1 Å². The zero-order valence-corrected chi connectivity index (χ0v) is 28.5. The third-order valence-electron chi connectivity index (χ3n) is 9.11. The second-order valence-electron chi connectivity index (χ2n) is 12.0. The van der Waals surface area contributed by atoms with Crippen LogP contribution in [0.3, 0.4) is 0 Å². The van der Waals surface area contributed by atoms with E-state index in [2.05, 4.69) is 57.1 Å². The van der Waals surface area contributed by atoms with Gasteiger partial charge in [0, 0.05) is 18.3 Å². The van der Waals surface area contributed by atoms with Gasteiger partial charge < -0.3 is 13.9 Å². The van der Waals surface area contributed by atoms with Gasteiger partial charge in [0.2, 0.25) is 0 Å². The molecule has 8 heteroatoms. The molecule has 242 valence electrons. The van der Waals surface area contributed by atoms with Crippen LogP contribution in [0.25, 0.3) is 11.0 Å². The number of aromatic nitrogens is 4. The van der Waals surface area contributed by atoms with Crippen molar-refractivity contribution in [1.82, 2.24) is 24.0 Å². The second-order valence-corrected chi connectivity index (χ2v) is 12.4. The van der Waals surface area contributed by atoms with Gasteiger partial charge in [-0.3, -0.25) is 9.69 Å². The molecule has 0 spiro atoms. The van der Waals surface area contributed by atoms with Gasteiger partial charge in [-0.25, -0.2) is 9.97 Å². The molecule has 3 heterocycles. The van der Waals surface area contributed by atoms with Crippen LogP contribution in [0.15, 0.2) is 73.2 Å². The van der Waals surface area contributed by atoms with Crippen LogP contribution in [0.1, 0.15) is 85.0 Å². The lowest BCUT2D eigenvalue weighted by molar-refractivity contribution is 0.112. The topological polar surface area (TPSA) is 65.2 Å². The van der Waals surface area contributed by atoms with Gasteiger partial charge in [0.05, 0.1) is 41.2 Å². The molecule has 0 saturated carbocycles. The largest absolute Gasteiger partial charge is 0.487 e. The predicted octanol–water partition coefficient (Wildman–Crippen LogP) is 8.70. The summed E-state index contributed by atoms with van der Waals surface area (Å²) < 4.78 is 10.5. The van der Waals surface area contributed by atoms with Crippen LogP contribution in [0.4, 0.5) is 0 Å². The van der Waals surface area contributed by atoms with Crippen LogP contribution in [-0.2, 0) is 26.2 Å². The summed E-state index contributed by atoms with van der Waals surface area (Å²) in [5.41, 5.74) is 7.35. The number of imidazole rings is 2. The number of ether oxygens (including phenoxy) is 1. The standard InChI is InChI=1S/C36H40ClN5O2.C2H6/c1-4-41-24-38-19-31(41)20-42-34-18-27(22-43)9-10-33(34)39-36(42)21-40-14-12-29(13-15-40)26(3)30-7-5-6-28(17-30)23-44-35-11-8-25(2)16-32(35)37;1-2/h5-11,16-19,22,24,26,29H,4,12-15,20-21,23H2,1-3H3;1-2H3. The number of benzene rings is 3. The highest BCUT2D eigenvalue weighted by Crippen LogP contribution is 2.34. The molecule has 0 N–H and O–H groups in total. The molecule has 1 unspecified atom stereocenters. The zero-order chi connectivity index (χ0) is 32.6. The van der Waals surface area contributed by atoms with Gasteiger partial charge in [-0.15, -0.1) is 0 Å². The first-order valence-corrected chi connectivity index (χ1v) is 16.9. The Labute approximate surface area is 278 Å². The number of piperidine rings is 1. The van der Waals surface area contributed by atoms with Crippen LogP contribution in [0.5, 0.6) is 5.75 Å². The summed E-state index contributed by atoms with van der Waals surface area (Å²) >= 11 is 6.38. The number of hydrogen-bond donors (Lipinski definition) is 0. The van der Waals surface area contributed by atoms with Gasteiger partial charge in [-0.1, -0.05) is 62.7 Å². The Morgan fingerprint density at radius 2 is 1.85 bits per heavy atom. The predicted molar refractivity (Wildman–Crippen MR) is 187 cm³/mol. The molecule has 7 nitrogen and oxygen atoms in total. The second kappa shape index (κ2) is 15.6. The summed E-state index contributed by atoms with van der Waals surface area (Å²) in [6, 6.07) is 20.4. The maximum Gasteiger partial charge on any atom is 0.150 e. The van der Waals surface area contributed by atoms with E-state index in [1.54, 1.807) is 0 Å². The minimum atomic E-state index is 0.459. The van der Waals surface area contributed by atoms with Crippen molar-refractivity contribution in [2.24, 2.45) is 5.92 Å². The van der Waals surface area contributed by atoms with Crippen molar-refractivity contribution < 1.29 is 9.53 Å². The molecule has 2 aromatic heterocycles. The molecular weight excluding hydrogens is 594 g/mol. The molecule has 5 aromatic rings. The van der Waals surface area contributed by atoms with Crippen molar-refractivity contribution in [3.8, 4) is 5.75 Å². The lowest BCUT2D eigenvalue weighted by Gasteiger charge is -2.35. The molecular formula is C38H46ClN5O2. The summed E-state index contributed by atoms with van der Waals surface area (Å²) in [7, 11) is 0. The molecule has 1 fully saturated rings. The number of fused-ring (bicyclic) bond motifs is 1. The summed E-state index contributed by atoms with van der Waals surface area (Å²) in [4.78, 5) is 23.5. The Hall–Kier alpha value is -3.94. The molecule has 0 amide bonds. The summed E-state index contributed by atoms with van der Waals surface area (Å²) in [6.07, 6.45) is 6.98. The number of hydrogen-bond acceptors (Lipinski definition) is 5. The quantitative estimate of drug-likeness (QED) is 0.135. The lowest BCUT2D eigenvalue weighted by Crippen LogP contribution is -2.35. The monoisotopic (exact) mass is 639 g/mol. The van der Waals surface area contributed by atoms with E-state index in [-0.39, 0.29) is 0 Å². The van der Waals surface area contributed by atoms with Crippen molar-refractivity contribution in [2.45, 2.75) is 79.6 Å². The fourth-order valence-corrected chi connectivity index (χ4v) is 6.71. The highest BCUT2D eigenvalue weighted by Gasteiger charge is 2.26. The molecule has 0 bridgehead atoms. The molecule has 1 atom stereocenters. The van der Waals surface area contributed by atoms with Crippen LogP contribution in [0, 0.1) is 12.8 Å². The fourth-order valence-electron chi connectivity index (χ4n) is 6.42. The van der Waals surface area contributed by atoms with Crippen molar-refractivity contribution in [3.63, 3.8) is 0 Å². The van der Waals surface area contributed by atoms with E-state index >= 15 is 0 Å². The van der Waals surface area contributed by atoms with Crippen molar-refractivity contribution >= 4 is 28.9 Å². The molecule has 0 radical (unpaired) electrons. The summed E-state index contributed by atoms with van der Waals surface area (Å²) in [5, 5.41) is 0.648. The van der Waals surface area contributed by atoms with Crippen LogP contribution in [-0.4, -0.2) is 43.4 Å². The van der Waals surface area contributed by atoms with Gasteiger partial charge in [0.15, 0.2) is 0 Å². The molecule has 1 aliphatic heterocycles. The number of rotatable bonds is 11. The average molecular weight is 640 g/mol. The molecule has 46 heavy (non-hydrogen) atoms. The zero-order valence-electron chi connectivity index (χ0n) is 27.7. The van der Waals surface area contributed by atoms with Crippen molar-refractivity contribution in [3.05, 3.63) is 112 Å². The lowest BCUT2D eigenvalue weighted by atomic mass is 9.81. The first kappa shape index (κ1) is 33.4. The van der Waals surface area contributed by atoms with E-state index in [0.29, 0.717) is 35.6 Å². The molecule has 3 aromatic carbocycles. The minimum absolute atomic E-state index is 0.459. The smallest absolute Gasteiger partial charge is 0.150 e.